The highest BCUT2D eigenvalue weighted by Gasteiger charge is 2.23. The molecule has 2 aromatic rings. The van der Waals surface area contributed by atoms with Gasteiger partial charge in [-0.15, -0.1) is 0 Å². The van der Waals surface area contributed by atoms with Crippen molar-refractivity contribution < 1.29 is 17.9 Å². The van der Waals surface area contributed by atoms with Crippen LogP contribution in [0.2, 0.25) is 0 Å². The number of sulfonamides is 1. The predicted molar refractivity (Wildman–Crippen MR) is 122 cm³/mol. The van der Waals surface area contributed by atoms with Crippen molar-refractivity contribution in [2.24, 2.45) is 0 Å². The summed E-state index contributed by atoms with van der Waals surface area (Å²) < 4.78 is 31.4. The molecular formula is C23H31N3O4S. The summed E-state index contributed by atoms with van der Waals surface area (Å²) in [7, 11) is -3.61. The number of hydrogen-bond acceptors (Lipinski definition) is 5. The van der Waals surface area contributed by atoms with Crippen LogP contribution in [0.4, 0.5) is 5.69 Å². The van der Waals surface area contributed by atoms with Gasteiger partial charge in [-0.05, 0) is 36.1 Å². The minimum Gasteiger partial charge on any atom is -0.379 e. The van der Waals surface area contributed by atoms with Gasteiger partial charge in [0.25, 0.3) is 0 Å². The molecule has 1 fully saturated rings. The Bertz CT molecular complexity index is 997. The van der Waals surface area contributed by atoms with E-state index in [0.29, 0.717) is 12.2 Å². The van der Waals surface area contributed by atoms with Crippen LogP contribution in [0.25, 0.3) is 0 Å². The molecule has 7 nitrogen and oxygen atoms in total. The molecule has 0 radical (unpaired) electrons. The van der Waals surface area contributed by atoms with Crippen LogP contribution >= 0.6 is 0 Å². The highest BCUT2D eigenvalue weighted by molar-refractivity contribution is 7.92. The SMILES string of the molecule is Cc1cccc(C)c1N(CC(=O)NCc1cccc(CN2CCOCC2)c1)S(C)(=O)=O. The first kappa shape index (κ1) is 23.2. The molecule has 31 heavy (non-hydrogen) atoms. The summed E-state index contributed by atoms with van der Waals surface area (Å²) in [6.07, 6.45) is 1.13. The summed E-state index contributed by atoms with van der Waals surface area (Å²) in [5, 5.41) is 2.86. The van der Waals surface area contributed by atoms with E-state index in [1.165, 1.54) is 9.87 Å². The van der Waals surface area contributed by atoms with Crippen molar-refractivity contribution in [1.82, 2.24) is 10.2 Å². The second-order valence-corrected chi connectivity index (χ2v) is 9.90. The van der Waals surface area contributed by atoms with E-state index in [9.17, 15) is 13.2 Å². The average molecular weight is 446 g/mol. The molecule has 1 N–H and O–H groups in total. The zero-order chi connectivity index (χ0) is 22.4. The first-order chi connectivity index (χ1) is 14.7. The standard InChI is InChI=1S/C23H31N3O4S/c1-18-6-4-7-19(2)23(18)26(31(3,28)29)17-22(27)24-15-20-8-5-9-21(14-20)16-25-10-12-30-13-11-25/h4-9,14H,10-13,15-17H2,1-3H3,(H,24,27). The summed E-state index contributed by atoms with van der Waals surface area (Å²) >= 11 is 0. The van der Waals surface area contributed by atoms with Gasteiger partial charge in [0.15, 0.2) is 0 Å². The first-order valence-electron chi connectivity index (χ1n) is 10.4. The number of ether oxygens (including phenoxy) is 1. The third-order valence-corrected chi connectivity index (χ3v) is 6.48. The number of rotatable bonds is 8. The molecule has 0 bridgehead atoms. The molecule has 2 aromatic carbocycles. The number of benzene rings is 2. The Morgan fingerprint density at radius 3 is 2.32 bits per heavy atom. The number of amides is 1. The highest BCUT2D eigenvalue weighted by atomic mass is 32.2. The summed E-state index contributed by atoms with van der Waals surface area (Å²) in [5.41, 5.74) is 4.36. The topological polar surface area (TPSA) is 79.0 Å². The van der Waals surface area contributed by atoms with E-state index < -0.39 is 10.0 Å². The number of carbonyl (C=O) groups excluding carboxylic acids is 1. The van der Waals surface area contributed by atoms with Gasteiger partial charge < -0.3 is 10.1 Å². The van der Waals surface area contributed by atoms with Crippen molar-refractivity contribution in [1.29, 1.82) is 0 Å². The second-order valence-electron chi connectivity index (χ2n) is 8.00. The molecule has 168 valence electrons. The number of para-hydroxylation sites is 1. The fraction of sp³-hybridized carbons (Fsp3) is 0.435. The number of nitrogens with zero attached hydrogens (tertiary/aromatic N) is 2. The molecule has 1 heterocycles. The lowest BCUT2D eigenvalue weighted by Gasteiger charge is -2.26. The van der Waals surface area contributed by atoms with Gasteiger partial charge in [0, 0.05) is 26.2 Å². The summed E-state index contributed by atoms with van der Waals surface area (Å²) in [6, 6.07) is 13.7. The maximum Gasteiger partial charge on any atom is 0.241 e. The number of aryl methyl sites for hydroxylation is 2. The number of hydrogen-bond donors (Lipinski definition) is 1. The third kappa shape index (κ3) is 6.53. The Labute approximate surface area is 185 Å². The molecule has 0 saturated carbocycles. The van der Waals surface area contributed by atoms with Crippen LogP contribution in [-0.2, 0) is 32.6 Å². The molecule has 0 spiro atoms. The quantitative estimate of drug-likeness (QED) is 0.674. The van der Waals surface area contributed by atoms with Gasteiger partial charge in [-0.1, -0.05) is 42.5 Å². The lowest BCUT2D eigenvalue weighted by molar-refractivity contribution is -0.119. The molecule has 1 aliphatic heterocycles. The molecule has 8 heteroatoms. The van der Waals surface area contributed by atoms with Crippen LogP contribution in [0.3, 0.4) is 0 Å². The molecule has 0 aromatic heterocycles. The molecule has 0 atom stereocenters. The number of anilines is 1. The lowest BCUT2D eigenvalue weighted by Crippen LogP contribution is -2.40. The van der Waals surface area contributed by atoms with Gasteiger partial charge in [0.05, 0.1) is 25.2 Å². The molecule has 1 aliphatic rings. The zero-order valence-electron chi connectivity index (χ0n) is 18.4. The largest absolute Gasteiger partial charge is 0.379 e. The van der Waals surface area contributed by atoms with Gasteiger partial charge in [0.2, 0.25) is 15.9 Å². The van der Waals surface area contributed by atoms with Gasteiger partial charge in [-0.25, -0.2) is 8.42 Å². The van der Waals surface area contributed by atoms with E-state index in [4.69, 9.17) is 4.74 Å². The van der Waals surface area contributed by atoms with Crippen LogP contribution in [-0.4, -0.2) is 58.3 Å². The maximum absolute atomic E-state index is 12.6. The monoisotopic (exact) mass is 445 g/mol. The Kier molecular flexibility index (Phi) is 7.69. The average Bonchev–Trinajstić information content (AvgIpc) is 2.72. The minimum atomic E-state index is -3.61. The van der Waals surface area contributed by atoms with E-state index in [1.807, 2.05) is 44.2 Å². The van der Waals surface area contributed by atoms with Crippen LogP contribution < -0.4 is 9.62 Å². The Hall–Kier alpha value is -2.42. The Morgan fingerprint density at radius 2 is 1.68 bits per heavy atom. The maximum atomic E-state index is 12.6. The fourth-order valence-corrected chi connectivity index (χ4v) is 4.78. The molecule has 0 unspecified atom stereocenters. The van der Waals surface area contributed by atoms with Crippen LogP contribution in [0.5, 0.6) is 0 Å². The van der Waals surface area contributed by atoms with Crippen molar-refractivity contribution in [3.8, 4) is 0 Å². The van der Waals surface area contributed by atoms with E-state index in [2.05, 4.69) is 22.3 Å². The lowest BCUT2D eigenvalue weighted by atomic mass is 10.1. The fourth-order valence-electron chi connectivity index (χ4n) is 3.80. The first-order valence-corrected chi connectivity index (χ1v) is 12.3. The Balaban J connectivity index is 1.64. The minimum absolute atomic E-state index is 0.252. The van der Waals surface area contributed by atoms with Gasteiger partial charge >= 0.3 is 0 Å². The van der Waals surface area contributed by atoms with Gasteiger partial charge in [0.1, 0.15) is 6.54 Å². The van der Waals surface area contributed by atoms with Crippen molar-refractivity contribution in [3.63, 3.8) is 0 Å². The molecule has 1 saturated heterocycles. The van der Waals surface area contributed by atoms with Crippen LogP contribution in [0.15, 0.2) is 42.5 Å². The van der Waals surface area contributed by atoms with Crippen molar-refractivity contribution in [3.05, 3.63) is 64.7 Å². The normalized spacial score (nSPS) is 14.9. The molecule has 3 rings (SSSR count). The molecular weight excluding hydrogens is 414 g/mol. The van der Waals surface area contributed by atoms with Gasteiger partial charge in [-0.2, -0.15) is 0 Å². The van der Waals surface area contributed by atoms with Crippen molar-refractivity contribution >= 4 is 21.6 Å². The number of carbonyl (C=O) groups is 1. The second kappa shape index (κ2) is 10.3. The van der Waals surface area contributed by atoms with E-state index >= 15 is 0 Å². The van der Waals surface area contributed by atoms with Crippen molar-refractivity contribution in [2.45, 2.75) is 26.9 Å². The van der Waals surface area contributed by atoms with Gasteiger partial charge in [-0.3, -0.25) is 14.0 Å². The molecule has 0 aliphatic carbocycles. The molecule has 1 amide bonds. The number of morpholine rings is 1. The van der Waals surface area contributed by atoms with E-state index in [-0.39, 0.29) is 12.5 Å². The van der Waals surface area contributed by atoms with Crippen LogP contribution in [0.1, 0.15) is 22.3 Å². The summed E-state index contributed by atoms with van der Waals surface area (Å²) in [4.78, 5) is 15.0. The Morgan fingerprint density at radius 1 is 1.06 bits per heavy atom. The van der Waals surface area contributed by atoms with E-state index in [1.54, 1.807) is 0 Å². The predicted octanol–water partition coefficient (Wildman–Crippen LogP) is 2.22. The zero-order valence-corrected chi connectivity index (χ0v) is 19.2. The van der Waals surface area contributed by atoms with Crippen molar-refractivity contribution in [2.75, 3.05) is 43.4 Å². The summed E-state index contributed by atoms with van der Waals surface area (Å²) in [5.74, 6) is -0.341. The highest BCUT2D eigenvalue weighted by Crippen LogP contribution is 2.26. The smallest absolute Gasteiger partial charge is 0.241 e. The van der Waals surface area contributed by atoms with E-state index in [0.717, 1.165) is 55.8 Å². The summed E-state index contributed by atoms with van der Waals surface area (Å²) in [6.45, 7) is 7.98. The van der Waals surface area contributed by atoms with Crippen LogP contribution in [0, 0.1) is 13.8 Å². The third-order valence-electron chi connectivity index (χ3n) is 5.37. The number of nitrogens with one attached hydrogen (secondary N) is 1.